The monoisotopic (exact) mass is 542 g/mol. The minimum atomic E-state index is -0.402. The quantitative estimate of drug-likeness (QED) is 0.134. The van der Waals surface area contributed by atoms with E-state index in [1.165, 1.54) is 0 Å². The molecule has 0 radical (unpaired) electrons. The molecule has 5 aromatic carbocycles. The average Bonchev–Trinajstić information content (AvgIpc) is 3.04. The molecule has 0 aromatic heterocycles. The van der Waals surface area contributed by atoms with Crippen molar-refractivity contribution in [1.29, 1.82) is 0 Å². The SMILES string of the molecule is O=C(NN=Cc1ccccc1)c1cc(OCc2ccccc2)c(OCc2ccccc2)c(OCc2ccccc2)c1. The van der Waals surface area contributed by atoms with Crippen LogP contribution in [0.15, 0.2) is 139 Å². The fourth-order valence-corrected chi connectivity index (χ4v) is 4.03. The van der Waals surface area contributed by atoms with Crippen LogP contribution in [0.2, 0.25) is 0 Å². The number of hydrazone groups is 1. The summed E-state index contributed by atoms with van der Waals surface area (Å²) in [4.78, 5) is 13.2. The van der Waals surface area contributed by atoms with E-state index >= 15 is 0 Å². The Kier molecular flexibility index (Phi) is 9.39. The molecule has 41 heavy (non-hydrogen) atoms. The Bertz CT molecular complexity index is 1490. The summed E-state index contributed by atoms with van der Waals surface area (Å²) in [6, 6.07) is 42.3. The summed E-state index contributed by atoms with van der Waals surface area (Å²) >= 11 is 0. The number of rotatable bonds is 12. The number of amides is 1. The molecule has 0 bridgehead atoms. The molecular formula is C35H30N2O4. The van der Waals surface area contributed by atoms with Crippen LogP contribution in [0.4, 0.5) is 0 Å². The standard InChI is InChI=1S/C35H30N2O4/c38-35(37-36-23-27-13-5-1-6-14-27)31-21-32(39-24-28-15-7-2-8-16-28)34(41-26-30-19-11-4-12-20-30)33(22-31)40-25-29-17-9-3-10-18-29/h1-23H,24-26H2,(H,37,38). The Morgan fingerprint density at radius 1 is 0.585 bits per heavy atom. The predicted molar refractivity (Wildman–Crippen MR) is 160 cm³/mol. The third kappa shape index (κ3) is 8.07. The summed E-state index contributed by atoms with van der Waals surface area (Å²) in [5.41, 5.74) is 6.76. The van der Waals surface area contributed by atoms with E-state index in [9.17, 15) is 4.79 Å². The van der Waals surface area contributed by atoms with Crippen LogP contribution in [-0.2, 0) is 19.8 Å². The molecule has 0 aliphatic heterocycles. The van der Waals surface area contributed by atoms with Crippen molar-refractivity contribution < 1.29 is 19.0 Å². The lowest BCUT2D eigenvalue weighted by atomic mass is 10.1. The lowest BCUT2D eigenvalue weighted by molar-refractivity contribution is 0.0953. The van der Waals surface area contributed by atoms with Gasteiger partial charge in [0.05, 0.1) is 6.21 Å². The summed E-state index contributed by atoms with van der Waals surface area (Å²) in [7, 11) is 0. The zero-order valence-electron chi connectivity index (χ0n) is 22.5. The van der Waals surface area contributed by atoms with E-state index in [0.717, 1.165) is 22.3 Å². The molecule has 6 heteroatoms. The van der Waals surface area contributed by atoms with Gasteiger partial charge in [0.2, 0.25) is 5.75 Å². The molecular weight excluding hydrogens is 512 g/mol. The minimum absolute atomic E-state index is 0.290. The number of hydrogen-bond donors (Lipinski definition) is 1. The van der Waals surface area contributed by atoms with Crippen LogP contribution in [0.25, 0.3) is 0 Å². The maximum absolute atomic E-state index is 13.2. The summed E-state index contributed by atoms with van der Waals surface area (Å²) in [5, 5.41) is 4.13. The van der Waals surface area contributed by atoms with E-state index in [0.29, 0.717) is 29.4 Å². The fourth-order valence-electron chi connectivity index (χ4n) is 4.03. The second-order valence-corrected chi connectivity index (χ2v) is 9.23. The molecule has 6 nitrogen and oxygen atoms in total. The van der Waals surface area contributed by atoms with Crippen molar-refractivity contribution in [3.63, 3.8) is 0 Å². The van der Waals surface area contributed by atoms with Gasteiger partial charge >= 0.3 is 0 Å². The van der Waals surface area contributed by atoms with Gasteiger partial charge in [-0.25, -0.2) is 5.43 Å². The van der Waals surface area contributed by atoms with Gasteiger partial charge in [-0.3, -0.25) is 4.79 Å². The Morgan fingerprint density at radius 3 is 1.46 bits per heavy atom. The zero-order chi connectivity index (χ0) is 28.1. The number of carbonyl (C=O) groups is 1. The predicted octanol–water partition coefficient (Wildman–Crippen LogP) is 7.19. The van der Waals surface area contributed by atoms with Crippen molar-refractivity contribution >= 4 is 12.1 Å². The van der Waals surface area contributed by atoms with Crippen LogP contribution >= 0.6 is 0 Å². The highest BCUT2D eigenvalue weighted by molar-refractivity contribution is 5.96. The van der Waals surface area contributed by atoms with Gasteiger partial charge in [-0.1, -0.05) is 121 Å². The van der Waals surface area contributed by atoms with Crippen LogP contribution in [0.5, 0.6) is 17.2 Å². The van der Waals surface area contributed by atoms with Crippen molar-refractivity contribution in [2.75, 3.05) is 0 Å². The van der Waals surface area contributed by atoms with Crippen molar-refractivity contribution in [3.05, 3.63) is 161 Å². The summed E-state index contributed by atoms with van der Waals surface area (Å²) in [6.45, 7) is 0.882. The molecule has 1 amide bonds. The summed E-state index contributed by atoms with van der Waals surface area (Å²) in [5.74, 6) is 0.811. The lowest BCUT2D eigenvalue weighted by Gasteiger charge is -2.19. The van der Waals surface area contributed by atoms with Gasteiger partial charge in [-0.15, -0.1) is 0 Å². The highest BCUT2D eigenvalue weighted by Crippen LogP contribution is 2.40. The lowest BCUT2D eigenvalue weighted by Crippen LogP contribution is -2.18. The van der Waals surface area contributed by atoms with Crippen LogP contribution in [0.3, 0.4) is 0 Å². The highest BCUT2D eigenvalue weighted by Gasteiger charge is 2.20. The smallest absolute Gasteiger partial charge is 0.271 e. The largest absolute Gasteiger partial charge is 0.485 e. The van der Waals surface area contributed by atoms with Crippen LogP contribution < -0.4 is 19.6 Å². The normalized spacial score (nSPS) is 10.7. The van der Waals surface area contributed by atoms with Crippen molar-refractivity contribution in [2.24, 2.45) is 5.10 Å². The Hall–Kier alpha value is -5.36. The molecule has 5 rings (SSSR count). The number of hydrogen-bond acceptors (Lipinski definition) is 5. The molecule has 1 N–H and O–H groups in total. The zero-order valence-corrected chi connectivity index (χ0v) is 22.5. The third-order valence-corrected chi connectivity index (χ3v) is 6.16. The molecule has 0 saturated heterocycles. The maximum atomic E-state index is 13.2. The van der Waals surface area contributed by atoms with Crippen LogP contribution in [-0.4, -0.2) is 12.1 Å². The second kappa shape index (κ2) is 14.1. The second-order valence-electron chi connectivity index (χ2n) is 9.23. The van der Waals surface area contributed by atoms with E-state index in [-0.39, 0.29) is 13.2 Å². The highest BCUT2D eigenvalue weighted by atomic mass is 16.5. The Labute approximate surface area is 239 Å². The summed E-state index contributed by atoms with van der Waals surface area (Å²) in [6.07, 6.45) is 1.59. The number of nitrogens with zero attached hydrogens (tertiary/aromatic N) is 1. The molecule has 0 saturated carbocycles. The first-order valence-electron chi connectivity index (χ1n) is 13.3. The van der Waals surface area contributed by atoms with E-state index in [1.807, 2.05) is 121 Å². The van der Waals surface area contributed by atoms with Crippen molar-refractivity contribution in [3.8, 4) is 17.2 Å². The number of ether oxygens (including phenoxy) is 3. The molecule has 0 spiro atoms. The summed E-state index contributed by atoms with van der Waals surface area (Å²) < 4.78 is 18.8. The maximum Gasteiger partial charge on any atom is 0.271 e. The first-order valence-corrected chi connectivity index (χ1v) is 13.3. The minimum Gasteiger partial charge on any atom is -0.485 e. The van der Waals surface area contributed by atoms with Gasteiger partial charge in [0.15, 0.2) is 11.5 Å². The topological polar surface area (TPSA) is 69.2 Å². The Balaban J connectivity index is 1.45. The van der Waals surface area contributed by atoms with E-state index in [1.54, 1.807) is 18.3 Å². The molecule has 0 aliphatic rings. The first kappa shape index (κ1) is 27.2. The van der Waals surface area contributed by atoms with Gasteiger partial charge in [0.25, 0.3) is 5.91 Å². The fraction of sp³-hybridized carbons (Fsp3) is 0.0857. The van der Waals surface area contributed by atoms with Crippen molar-refractivity contribution in [2.45, 2.75) is 19.8 Å². The molecule has 5 aromatic rings. The molecule has 0 atom stereocenters. The molecule has 204 valence electrons. The van der Waals surface area contributed by atoms with Crippen LogP contribution in [0.1, 0.15) is 32.6 Å². The molecule has 0 unspecified atom stereocenters. The average molecular weight is 543 g/mol. The molecule has 0 aliphatic carbocycles. The third-order valence-electron chi connectivity index (χ3n) is 6.16. The van der Waals surface area contributed by atoms with Gasteiger partial charge in [-0.05, 0) is 34.4 Å². The van der Waals surface area contributed by atoms with Gasteiger partial charge in [0, 0.05) is 5.56 Å². The first-order chi connectivity index (χ1) is 20.2. The van der Waals surface area contributed by atoms with Crippen molar-refractivity contribution in [1.82, 2.24) is 5.43 Å². The van der Waals surface area contributed by atoms with Gasteiger partial charge < -0.3 is 14.2 Å². The van der Waals surface area contributed by atoms with E-state index < -0.39 is 5.91 Å². The van der Waals surface area contributed by atoms with E-state index in [2.05, 4.69) is 10.5 Å². The van der Waals surface area contributed by atoms with E-state index in [4.69, 9.17) is 14.2 Å². The van der Waals surface area contributed by atoms with Gasteiger partial charge in [0.1, 0.15) is 19.8 Å². The number of benzene rings is 5. The molecule has 0 heterocycles. The number of nitrogens with one attached hydrogen (secondary N) is 1. The Morgan fingerprint density at radius 2 is 1.00 bits per heavy atom. The van der Waals surface area contributed by atoms with Gasteiger partial charge in [-0.2, -0.15) is 5.10 Å². The van der Waals surface area contributed by atoms with Crippen LogP contribution in [0, 0.1) is 0 Å². The number of carbonyl (C=O) groups excluding carboxylic acids is 1. The molecule has 0 fully saturated rings.